The molecule has 6 heteroatoms. The van der Waals surface area contributed by atoms with E-state index in [1.165, 1.54) is 0 Å². The van der Waals surface area contributed by atoms with Crippen molar-refractivity contribution in [2.45, 2.75) is 19.8 Å². The summed E-state index contributed by atoms with van der Waals surface area (Å²) in [5.74, 6) is 0. The molecule has 4 nitrogen and oxygen atoms in total. The number of halogens is 2. The van der Waals surface area contributed by atoms with Crippen LogP contribution in [0.4, 0.5) is 10.5 Å². The van der Waals surface area contributed by atoms with E-state index in [0.717, 1.165) is 38.2 Å². The van der Waals surface area contributed by atoms with E-state index in [9.17, 15) is 4.79 Å². The highest BCUT2D eigenvalue weighted by molar-refractivity contribution is 6.35. The lowest BCUT2D eigenvalue weighted by molar-refractivity contribution is 0.194. The molecule has 0 spiro atoms. The Bertz CT molecular complexity index is 488. The van der Waals surface area contributed by atoms with Gasteiger partial charge in [0.25, 0.3) is 0 Å². The Morgan fingerprint density at radius 3 is 2.62 bits per heavy atom. The van der Waals surface area contributed by atoms with Gasteiger partial charge in [-0.15, -0.1) is 0 Å². The van der Waals surface area contributed by atoms with Gasteiger partial charge in [-0.05, 0) is 24.6 Å². The summed E-state index contributed by atoms with van der Waals surface area (Å²) in [4.78, 5) is 16.0. The Balaban J connectivity index is 1.88. The van der Waals surface area contributed by atoms with Gasteiger partial charge in [-0.2, -0.15) is 0 Å². The lowest BCUT2D eigenvalue weighted by Gasteiger charge is -2.36. The minimum Gasteiger partial charge on any atom is -0.367 e. The monoisotopic (exact) mass is 329 g/mol. The van der Waals surface area contributed by atoms with E-state index in [1.54, 1.807) is 6.07 Å². The largest absolute Gasteiger partial charge is 0.367 e. The van der Waals surface area contributed by atoms with Crippen LogP contribution in [-0.2, 0) is 0 Å². The fourth-order valence-electron chi connectivity index (χ4n) is 2.36. The van der Waals surface area contributed by atoms with Gasteiger partial charge in [0.05, 0.1) is 10.7 Å². The maximum absolute atomic E-state index is 12.0. The average Bonchev–Trinajstić information content (AvgIpc) is 2.50. The van der Waals surface area contributed by atoms with Crippen LogP contribution in [0.1, 0.15) is 19.8 Å². The summed E-state index contributed by atoms with van der Waals surface area (Å²) in [5.41, 5.74) is 0.940. The van der Waals surface area contributed by atoms with E-state index in [4.69, 9.17) is 23.2 Å². The second-order valence-corrected chi connectivity index (χ2v) is 6.00. The Morgan fingerprint density at radius 1 is 1.24 bits per heavy atom. The van der Waals surface area contributed by atoms with E-state index in [1.807, 2.05) is 17.0 Å². The molecule has 0 radical (unpaired) electrons. The van der Waals surface area contributed by atoms with Crippen molar-refractivity contribution in [1.82, 2.24) is 10.2 Å². The Labute approximate surface area is 136 Å². The fourth-order valence-corrected chi connectivity index (χ4v) is 2.77. The van der Waals surface area contributed by atoms with Crippen LogP contribution in [0.5, 0.6) is 0 Å². The second-order valence-electron chi connectivity index (χ2n) is 5.16. The van der Waals surface area contributed by atoms with Gasteiger partial charge in [-0.1, -0.05) is 36.5 Å². The average molecular weight is 330 g/mol. The first-order valence-corrected chi connectivity index (χ1v) is 8.10. The number of amides is 2. The van der Waals surface area contributed by atoms with Crippen LogP contribution < -0.4 is 10.2 Å². The first kappa shape index (κ1) is 16.2. The van der Waals surface area contributed by atoms with Gasteiger partial charge in [-0.3, -0.25) is 0 Å². The number of carbonyl (C=O) groups excluding carboxylic acids is 1. The summed E-state index contributed by atoms with van der Waals surface area (Å²) in [6.07, 6.45) is 2.10. The number of nitrogens with zero attached hydrogens (tertiary/aromatic N) is 2. The van der Waals surface area contributed by atoms with Gasteiger partial charge in [0.1, 0.15) is 0 Å². The minimum atomic E-state index is 0.0280. The zero-order valence-electron chi connectivity index (χ0n) is 12.2. The number of nitrogens with one attached hydrogen (secondary N) is 1. The summed E-state index contributed by atoms with van der Waals surface area (Å²) in [7, 11) is 0. The molecule has 2 amide bonds. The summed E-state index contributed by atoms with van der Waals surface area (Å²) >= 11 is 12.2. The molecule has 1 saturated heterocycles. The van der Waals surface area contributed by atoms with Crippen molar-refractivity contribution in [3.05, 3.63) is 28.2 Å². The lowest BCUT2D eigenvalue weighted by atomic mass is 10.2. The van der Waals surface area contributed by atoms with E-state index in [2.05, 4.69) is 17.1 Å². The molecule has 1 aromatic carbocycles. The lowest BCUT2D eigenvalue weighted by Crippen LogP contribution is -2.52. The van der Waals surface area contributed by atoms with Gasteiger partial charge in [-0.25, -0.2) is 4.79 Å². The highest BCUT2D eigenvalue weighted by Gasteiger charge is 2.22. The number of carbonyl (C=O) groups is 1. The van der Waals surface area contributed by atoms with Gasteiger partial charge >= 0.3 is 6.03 Å². The molecular weight excluding hydrogens is 309 g/mol. The second kappa shape index (κ2) is 7.76. The molecule has 1 heterocycles. The molecule has 2 rings (SSSR count). The highest BCUT2D eigenvalue weighted by Crippen LogP contribution is 2.29. The summed E-state index contributed by atoms with van der Waals surface area (Å²) in [5, 5.41) is 4.32. The summed E-state index contributed by atoms with van der Waals surface area (Å²) in [6.45, 7) is 5.78. The number of anilines is 1. The Hall–Kier alpha value is -1.13. The molecule has 1 N–H and O–H groups in total. The third kappa shape index (κ3) is 4.42. The molecule has 116 valence electrons. The standard InChI is InChI=1S/C15H21Cl2N3O/c1-2-3-6-18-15(21)20-9-7-19(8-10-20)14-11-12(16)4-5-13(14)17/h4-5,11H,2-3,6-10H2,1H3,(H,18,21). The third-order valence-electron chi connectivity index (χ3n) is 3.62. The van der Waals surface area contributed by atoms with Crippen molar-refractivity contribution in [3.8, 4) is 0 Å². The molecule has 0 unspecified atom stereocenters. The third-order valence-corrected chi connectivity index (χ3v) is 4.18. The Morgan fingerprint density at radius 2 is 1.95 bits per heavy atom. The number of unbranched alkanes of at least 4 members (excludes halogenated alkanes) is 1. The van der Waals surface area contributed by atoms with Crippen molar-refractivity contribution in [1.29, 1.82) is 0 Å². The molecule has 1 fully saturated rings. The quantitative estimate of drug-likeness (QED) is 0.856. The maximum Gasteiger partial charge on any atom is 0.317 e. The fraction of sp³-hybridized carbons (Fsp3) is 0.533. The smallest absolute Gasteiger partial charge is 0.317 e. The van der Waals surface area contributed by atoms with Crippen molar-refractivity contribution in [2.24, 2.45) is 0 Å². The van der Waals surface area contributed by atoms with Gasteiger partial charge < -0.3 is 15.1 Å². The van der Waals surface area contributed by atoms with Crippen LogP contribution in [-0.4, -0.2) is 43.7 Å². The van der Waals surface area contributed by atoms with Crippen molar-refractivity contribution >= 4 is 34.9 Å². The summed E-state index contributed by atoms with van der Waals surface area (Å²) in [6, 6.07) is 5.50. The molecule has 1 aliphatic heterocycles. The minimum absolute atomic E-state index is 0.0280. The Kier molecular flexibility index (Phi) is 6.00. The van der Waals surface area contributed by atoms with Crippen LogP contribution in [0.15, 0.2) is 18.2 Å². The maximum atomic E-state index is 12.0. The molecule has 0 atom stereocenters. The normalized spacial score (nSPS) is 15.2. The van der Waals surface area contributed by atoms with Crippen LogP contribution in [0.3, 0.4) is 0 Å². The van der Waals surface area contributed by atoms with Gasteiger partial charge in [0.2, 0.25) is 0 Å². The number of urea groups is 1. The number of hydrogen-bond acceptors (Lipinski definition) is 2. The summed E-state index contributed by atoms with van der Waals surface area (Å²) < 4.78 is 0. The van der Waals surface area contributed by atoms with E-state index >= 15 is 0 Å². The molecule has 0 bridgehead atoms. The molecule has 0 aromatic heterocycles. The zero-order chi connectivity index (χ0) is 15.2. The molecule has 0 saturated carbocycles. The molecule has 1 aromatic rings. The van der Waals surface area contributed by atoms with Crippen LogP contribution in [0.2, 0.25) is 10.0 Å². The number of piperazine rings is 1. The highest BCUT2D eigenvalue weighted by atomic mass is 35.5. The number of benzene rings is 1. The predicted octanol–water partition coefficient (Wildman–Crippen LogP) is 3.63. The molecular formula is C15H21Cl2N3O. The van der Waals surface area contributed by atoms with Crippen LogP contribution in [0, 0.1) is 0 Å². The van der Waals surface area contributed by atoms with Crippen LogP contribution in [0.25, 0.3) is 0 Å². The topological polar surface area (TPSA) is 35.6 Å². The molecule has 21 heavy (non-hydrogen) atoms. The first-order chi connectivity index (χ1) is 10.1. The van der Waals surface area contributed by atoms with Crippen LogP contribution >= 0.6 is 23.2 Å². The van der Waals surface area contributed by atoms with E-state index in [-0.39, 0.29) is 6.03 Å². The van der Waals surface area contributed by atoms with Crippen molar-refractivity contribution < 1.29 is 4.79 Å². The van der Waals surface area contributed by atoms with Gasteiger partial charge in [0, 0.05) is 37.7 Å². The van der Waals surface area contributed by atoms with E-state index < -0.39 is 0 Å². The number of hydrogen-bond donors (Lipinski definition) is 1. The molecule has 1 aliphatic rings. The SMILES string of the molecule is CCCCNC(=O)N1CCN(c2cc(Cl)ccc2Cl)CC1. The first-order valence-electron chi connectivity index (χ1n) is 7.34. The number of rotatable bonds is 4. The predicted molar refractivity (Wildman–Crippen MR) is 88.6 cm³/mol. The van der Waals surface area contributed by atoms with Crippen molar-refractivity contribution in [3.63, 3.8) is 0 Å². The van der Waals surface area contributed by atoms with Gasteiger partial charge in [0.15, 0.2) is 0 Å². The van der Waals surface area contributed by atoms with E-state index in [0.29, 0.717) is 23.1 Å². The molecule has 0 aliphatic carbocycles. The van der Waals surface area contributed by atoms with Crippen molar-refractivity contribution in [2.75, 3.05) is 37.6 Å². The zero-order valence-corrected chi connectivity index (χ0v) is 13.8.